The summed E-state index contributed by atoms with van der Waals surface area (Å²) < 4.78 is 0. The molecule has 0 aliphatic rings. The molecule has 0 aliphatic carbocycles. The Morgan fingerprint density at radius 2 is 2.00 bits per heavy atom. The van der Waals surface area contributed by atoms with Crippen LogP contribution < -0.4 is 0 Å². The topological polar surface area (TPSA) is 29.5 Å². The van der Waals surface area contributed by atoms with Crippen LogP contribution in [0.4, 0.5) is 0 Å². The zero-order valence-electron chi connectivity index (χ0n) is 7.52. The number of benzene rings is 1. The molecule has 0 saturated heterocycles. The summed E-state index contributed by atoms with van der Waals surface area (Å²) in [4.78, 5) is 3.96. The van der Waals surface area contributed by atoms with Gasteiger partial charge in [0, 0.05) is 0 Å². The fourth-order valence-electron chi connectivity index (χ4n) is 1.05. The van der Waals surface area contributed by atoms with Crippen molar-refractivity contribution in [2.24, 2.45) is 0 Å². The van der Waals surface area contributed by atoms with Crippen LogP contribution in [-0.2, 0) is 4.89 Å². The molecule has 0 heterocycles. The van der Waals surface area contributed by atoms with E-state index in [0.717, 1.165) is 12.8 Å². The molecule has 0 unspecified atom stereocenters. The van der Waals surface area contributed by atoms with E-state index in [1.54, 1.807) is 0 Å². The second-order valence-electron chi connectivity index (χ2n) is 2.79. The highest BCUT2D eigenvalue weighted by molar-refractivity contribution is 5.48. The minimum atomic E-state index is 0.402. The van der Waals surface area contributed by atoms with Crippen LogP contribution in [0.3, 0.4) is 0 Å². The molecule has 0 amide bonds. The molecule has 13 heavy (non-hydrogen) atoms. The van der Waals surface area contributed by atoms with Gasteiger partial charge in [0.1, 0.15) is 0 Å². The summed E-state index contributed by atoms with van der Waals surface area (Å²) in [6.07, 6.45) is 5.92. The Balaban J connectivity index is 2.25. The smallest absolute Gasteiger partial charge is 0.0822 e. The molecule has 1 rings (SSSR count). The second kappa shape index (κ2) is 6.40. The zero-order valence-corrected chi connectivity index (χ0v) is 7.52. The van der Waals surface area contributed by atoms with Gasteiger partial charge in [-0.2, -0.15) is 0 Å². The maximum atomic E-state index is 8.06. The molecule has 0 atom stereocenters. The minimum Gasteiger partial charge on any atom is -0.252 e. The van der Waals surface area contributed by atoms with Crippen molar-refractivity contribution >= 4 is 6.08 Å². The van der Waals surface area contributed by atoms with E-state index >= 15 is 0 Å². The highest BCUT2D eigenvalue weighted by Gasteiger charge is 1.84. The lowest BCUT2D eigenvalue weighted by Crippen LogP contribution is -1.86. The summed E-state index contributed by atoms with van der Waals surface area (Å²) in [7, 11) is 0. The standard InChI is InChI=1S/C11H14O2/c12-13-10-6-2-5-9-11-7-3-1-4-8-11/h1,3-5,7-9,12H,2,6,10H2. The van der Waals surface area contributed by atoms with Crippen molar-refractivity contribution in [1.29, 1.82) is 0 Å². The number of hydrogen-bond acceptors (Lipinski definition) is 2. The van der Waals surface area contributed by atoms with Gasteiger partial charge in [0.15, 0.2) is 0 Å². The molecule has 0 aliphatic heterocycles. The average Bonchev–Trinajstić information content (AvgIpc) is 2.19. The largest absolute Gasteiger partial charge is 0.252 e. The maximum Gasteiger partial charge on any atom is 0.0822 e. The molecular formula is C11H14O2. The van der Waals surface area contributed by atoms with Crippen molar-refractivity contribution in [3.63, 3.8) is 0 Å². The first-order valence-corrected chi connectivity index (χ1v) is 4.41. The molecule has 0 spiro atoms. The Kier molecular flexibility index (Phi) is 4.91. The van der Waals surface area contributed by atoms with E-state index in [1.807, 2.05) is 18.2 Å². The second-order valence-corrected chi connectivity index (χ2v) is 2.79. The monoisotopic (exact) mass is 178 g/mol. The van der Waals surface area contributed by atoms with Gasteiger partial charge in [-0.05, 0) is 18.4 Å². The van der Waals surface area contributed by atoms with E-state index in [4.69, 9.17) is 5.26 Å². The number of allylic oxidation sites excluding steroid dienone is 1. The third kappa shape index (κ3) is 4.45. The molecule has 0 saturated carbocycles. The van der Waals surface area contributed by atoms with E-state index in [0.29, 0.717) is 6.61 Å². The van der Waals surface area contributed by atoms with Gasteiger partial charge in [-0.25, -0.2) is 4.89 Å². The Hall–Kier alpha value is -1.12. The van der Waals surface area contributed by atoms with Crippen molar-refractivity contribution in [2.45, 2.75) is 12.8 Å². The van der Waals surface area contributed by atoms with Gasteiger partial charge >= 0.3 is 0 Å². The lowest BCUT2D eigenvalue weighted by atomic mass is 10.2. The molecule has 1 N–H and O–H groups in total. The SMILES string of the molecule is OOCCCC=Cc1ccccc1. The van der Waals surface area contributed by atoms with Crippen LogP contribution in [0, 0.1) is 0 Å². The normalized spacial score (nSPS) is 10.8. The van der Waals surface area contributed by atoms with Crippen molar-refractivity contribution in [3.8, 4) is 0 Å². The first-order valence-electron chi connectivity index (χ1n) is 4.41. The molecule has 0 aromatic heterocycles. The van der Waals surface area contributed by atoms with Crippen molar-refractivity contribution in [3.05, 3.63) is 42.0 Å². The van der Waals surface area contributed by atoms with Gasteiger partial charge in [0.05, 0.1) is 6.61 Å². The van der Waals surface area contributed by atoms with Crippen molar-refractivity contribution in [1.82, 2.24) is 0 Å². The van der Waals surface area contributed by atoms with Crippen LogP contribution in [0.1, 0.15) is 18.4 Å². The minimum absolute atomic E-state index is 0.402. The Bertz CT molecular complexity index is 242. The van der Waals surface area contributed by atoms with Crippen molar-refractivity contribution < 1.29 is 10.1 Å². The molecule has 0 bridgehead atoms. The lowest BCUT2D eigenvalue weighted by Gasteiger charge is -1.92. The summed E-state index contributed by atoms with van der Waals surface area (Å²) in [5, 5.41) is 8.06. The van der Waals surface area contributed by atoms with Gasteiger partial charge in [-0.3, -0.25) is 5.26 Å². The molecule has 0 radical (unpaired) electrons. The maximum absolute atomic E-state index is 8.06. The fraction of sp³-hybridized carbons (Fsp3) is 0.273. The summed E-state index contributed by atoms with van der Waals surface area (Å²) in [6.45, 7) is 0.402. The third-order valence-corrected chi connectivity index (χ3v) is 1.72. The Morgan fingerprint density at radius 3 is 2.69 bits per heavy atom. The molecule has 70 valence electrons. The highest BCUT2D eigenvalue weighted by atomic mass is 17.1. The Labute approximate surface area is 78.4 Å². The number of hydrogen-bond donors (Lipinski definition) is 1. The highest BCUT2D eigenvalue weighted by Crippen LogP contribution is 2.02. The van der Waals surface area contributed by atoms with Crippen LogP contribution in [0.25, 0.3) is 6.08 Å². The van der Waals surface area contributed by atoms with E-state index in [-0.39, 0.29) is 0 Å². The quantitative estimate of drug-likeness (QED) is 0.426. The van der Waals surface area contributed by atoms with E-state index in [2.05, 4.69) is 29.2 Å². The fourth-order valence-corrected chi connectivity index (χ4v) is 1.05. The van der Waals surface area contributed by atoms with Gasteiger partial charge in [0.2, 0.25) is 0 Å². The molecular weight excluding hydrogens is 164 g/mol. The van der Waals surface area contributed by atoms with Gasteiger partial charge < -0.3 is 0 Å². The van der Waals surface area contributed by atoms with Crippen LogP contribution >= 0.6 is 0 Å². The van der Waals surface area contributed by atoms with Gasteiger partial charge in [-0.1, -0.05) is 42.5 Å². The van der Waals surface area contributed by atoms with Crippen molar-refractivity contribution in [2.75, 3.05) is 6.61 Å². The first-order chi connectivity index (χ1) is 6.43. The molecule has 1 aromatic rings. The summed E-state index contributed by atoms with van der Waals surface area (Å²) >= 11 is 0. The van der Waals surface area contributed by atoms with Crippen LogP contribution in [-0.4, -0.2) is 11.9 Å². The summed E-state index contributed by atoms with van der Waals surface area (Å²) in [5.74, 6) is 0. The zero-order chi connectivity index (χ0) is 9.36. The van der Waals surface area contributed by atoms with E-state index in [9.17, 15) is 0 Å². The number of unbranched alkanes of at least 4 members (excludes halogenated alkanes) is 1. The average molecular weight is 178 g/mol. The number of rotatable bonds is 5. The Morgan fingerprint density at radius 1 is 1.23 bits per heavy atom. The van der Waals surface area contributed by atoms with Gasteiger partial charge in [-0.15, -0.1) is 0 Å². The van der Waals surface area contributed by atoms with Crippen LogP contribution in [0.15, 0.2) is 36.4 Å². The summed E-state index contributed by atoms with van der Waals surface area (Å²) in [6, 6.07) is 10.1. The molecule has 1 aromatic carbocycles. The lowest BCUT2D eigenvalue weighted by molar-refractivity contribution is -0.242. The van der Waals surface area contributed by atoms with E-state index in [1.165, 1.54) is 5.56 Å². The third-order valence-electron chi connectivity index (χ3n) is 1.72. The summed E-state index contributed by atoms with van der Waals surface area (Å²) in [5.41, 5.74) is 1.20. The van der Waals surface area contributed by atoms with Gasteiger partial charge in [0.25, 0.3) is 0 Å². The first kappa shape index (κ1) is 9.96. The molecule has 0 fully saturated rings. The molecule has 2 nitrogen and oxygen atoms in total. The van der Waals surface area contributed by atoms with Crippen LogP contribution in [0.2, 0.25) is 0 Å². The van der Waals surface area contributed by atoms with E-state index < -0.39 is 0 Å². The predicted octanol–water partition coefficient (Wildman–Crippen LogP) is 2.97. The predicted molar refractivity (Wildman–Crippen MR) is 53.3 cm³/mol. The molecule has 2 heteroatoms. The van der Waals surface area contributed by atoms with Crippen LogP contribution in [0.5, 0.6) is 0 Å².